The molecule has 2 aromatic carbocycles. The molecular weight excluding hydrogens is 356 g/mol. The number of esters is 1. The van der Waals surface area contributed by atoms with Crippen LogP contribution in [0, 0.1) is 0 Å². The zero-order valence-corrected chi connectivity index (χ0v) is 15.9. The minimum absolute atomic E-state index is 0.272. The summed E-state index contributed by atoms with van der Waals surface area (Å²) in [5.41, 5.74) is 2.21. The average Bonchev–Trinajstić information content (AvgIpc) is 3.27. The zero-order chi connectivity index (χ0) is 19.9. The van der Waals surface area contributed by atoms with E-state index in [9.17, 15) is 9.59 Å². The van der Waals surface area contributed by atoms with Crippen LogP contribution in [0.1, 0.15) is 15.9 Å². The molecule has 0 radical (unpaired) electrons. The van der Waals surface area contributed by atoms with Crippen molar-refractivity contribution in [1.82, 2.24) is 9.47 Å². The first-order valence-corrected chi connectivity index (χ1v) is 8.84. The quantitative estimate of drug-likeness (QED) is 0.592. The van der Waals surface area contributed by atoms with Crippen LogP contribution in [0.4, 0.5) is 0 Å². The standard InChI is InChI=1S/C22H22N2O4/c1-23(15-17-8-10-20(27-2)11-9-17)21(25)16-28-22(26)18-6-5-7-19(14-18)24-12-3-4-13-24/h3-14H,15-16H2,1-2H3. The van der Waals surface area contributed by atoms with Crippen LogP contribution >= 0.6 is 0 Å². The van der Waals surface area contributed by atoms with Crippen LogP contribution in [0.2, 0.25) is 0 Å². The number of hydrogen-bond donors (Lipinski definition) is 0. The van der Waals surface area contributed by atoms with Crippen molar-refractivity contribution in [3.63, 3.8) is 0 Å². The fraction of sp³-hybridized carbons (Fsp3) is 0.182. The van der Waals surface area contributed by atoms with Crippen molar-refractivity contribution in [2.24, 2.45) is 0 Å². The lowest BCUT2D eigenvalue weighted by atomic mass is 10.2. The Hall–Kier alpha value is -3.54. The maximum atomic E-state index is 12.3. The highest BCUT2D eigenvalue weighted by atomic mass is 16.5. The molecule has 0 bridgehead atoms. The molecule has 144 valence electrons. The summed E-state index contributed by atoms with van der Waals surface area (Å²) in [6, 6.07) is 18.3. The van der Waals surface area contributed by atoms with E-state index >= 15 is 0 Å². The third kappa shape index (κ3) is 4.79. The molecule has 3 aromatic rings. The van der Waals surface area contributed by atoms with Crippen LogP contribution < -0.4 is 4.74 Å². The number of amides is 1. The van der Waals surface area contributed by atoms with E-state index in [0.717, 1.165) is 17.0 Å². The summed E-state index contributed by atoms with van der Waals surface area (Å²) >= 11 is 0. The number of hydrogen-bond acceptors (Lipinski definition) is 4. The van der Waals surface area contributed by atoms with E-state index in [4.69, 9.17) is 9.47 Å². The van der Waals surface area contributed by atoms with Gasteiger partial charge in [-0.1, -0.05) is 18.2 Å². The molecule has 3 rings (SSSR count). The van der Waals surface area contributed by atoms with E-state index in [-0.39, 0.29) is 12.5 Å². The van der Waals surface area contributed by atoms with Crippen molar-refractivity contribution in [3.05, 3.63) is 84.2 Å². The summed E-state index contributed by atoms with van der Waals surface area (Å²) in [5, 5.41) is 0. The normalized spacial score (nSPS) is 10.4. The fourth-order valence-electron chi connectivity index (χ4n) is 2.71. The summed E-state index contributed by atoms with van der Waals surface area (Å²) in [7, 11) is 3.28. The SMILES string of the molecule is COc1ccc(CN(C)C(=O)COC(=O)c2cccc(-n3cccc3)c2)cc1. The molecule has 6 heteroatoms. The lowest BCUT2D eigenvalue weighted by Gasteiger charge is -2.17. The molecule has 1 aromatic heterocycles. The molecule has 1 amide bonds. The molecule has 0 spiro atoms. The Balaban J connectivity index is 1.54. The molecule has 1 heterocycles. The number of methoxy groups -OCH3 is 1. The summed E-state index contributed by atoms with van der Waals surface area (Å²) in [6.45, 7) is 0.114. The topological polar surface area (TPSA) is 60.8 Å². The highest BCUT2D eigenvalue weighted by Gasteiger charge is 2.14. The predicted molar refractivity (Wildman–Crippen MR) is 106 cm³/mol. The second kappa shape index (κ2) is 8.90. The Morgan fingerprint density at radius 2 is 1.71 bits per heavy atom. The van der Waals surface area contributed by atoms with E-state index in [1.54, 1.807) is 32.4 Å². The van der Waals surface area contributed by atoms with Gasteiger partial charge in [-0.25, -0.2) is 4.79 Å². The molecular formula is C22H22N2O4. The largest absolute Gasteiger partial charge is 0.497 e. The Morgan fingerprint density at radius 1 is 1.00 bits per heavy atom. The number of rotatable bonds is 7. The molecule has 0 saturated carbocycles. The number of carbonyl (C=O) groups is 2. The van der Waals surface area contributed by atoms with Crippen molar-refractivity contribution < 1.29 is 19.1 Å². The van der Waals surface area contributed by atoms with E-state index in [1.165, 1.54) is 4.90 Å². The Labute approximate surface area is 163 Å². The smallest absolute Gasteiger partial charge is 0.338 e. The van der Waals surface area contributed by atoms with Gasteiger partial charge in [0.1, 0.15) is 5.75 Å². The average molecular weight is 378 g/mol. The van der Waals surface area contributed by atoms with E-state index in [1.807, 2.05) is 59.4 Å². The van der Waals surface area contributed by atoms with Crippen molar-refractivity contribution in [2.75, 3.05) is 20.8 Å². The third-order valence-corrected chi connectivity index (χ3v) is 4.32. The van der Waals surface area contributed by atoms with Gasteiger partial charge in [-0.15, -0.1) is 0 Å². The maximum Gasteiger partial charge on any atom is 0.338 e. The van der Waals surface area contributed by atoms with Gasteiger partial charge in [0, 0.05) is 31.7 Å². The monoisotopic (exact) mass is 378 g/mol. The minimum Gasteiger partial charge on any atom is -0.497 e. The molecule has 0 aliphatic rings. The summed E-state index contributed by atoms with van der Waals surface area (Å²) in [6.07, 6.45) is 3.78. The highest BCUT2D eigenvalue weighted by Crippen LogP contribution is 2.14. The van der Waals surface area contributed by atoms with E-state index in [2.05, 4.69) is 0 Å². The fourth-order valence-corrected chi connectivity index (χ4v) is 2.71. The lowest BCUT2D eigenvalue weighted by Crippen LogP contribution is -2.30. The Morgan fingerprint density at radius 3 is 2.39 bits per heavy atom. The molecule has 0 unspecified atom stereocenters. The second-order valence-corrected chi connectivity index (χ2v) is 6.31. The number of ether oxygens (including phenoxy) is 2. The molecule has 28 heavy (non-hydrogen) atoms. The summed E-state index contributed by atoms with van der Waals surface area (Å²) in [4.78, 5) is 26.1. The number of benzene rings is 2. The van der Waals surface area contributed by atoms with Crippen LogP contribution in [0.3, 0.4) is 0 Å². The Bertz CT molecular complexity index is 933. The van der Waals surface area contributed by atoms with Crippen molar-refractivity contribution >= 4 is 11.9 Å². The van der Waals surface area contributed by atoms with Gasteiger partial charge in [0.15, 0.2) is 6.61 Å². The number of nitrogens with zero attached hydrogens (tertiary/aromatic N) is 2. The zero-order valence-electron chi connectivity index (χ0n) is 15.9. The molecule has 0 N–H and O–H groups in total. The Kier molecular flexibility index (Phi) is 6.11. The van der Waals surface area contributed by atoms with Crippen molar-refractivity contribution in [3.8, 4) is 11.4 Å². The lowest BCUT2D eigenvalue weighted by molar-refractivity contribution is -0.133. The highest BCUT2D eigenvalue weighted by molar-refractivity contribution is 5.91. The second-order valence-electron chi connectivity index (χ2n) is 6.31. The van der Waals surface area contributed by atoms with Gasteiger partial charge in [-0.2, -0.15) is 0 Å². The van der Waals surface area contributed by atoms with Gasteiger partial charge in [-0.3, -0.25) is 4.79 Å². The molecule has 6 nitrogen and oxygen atoms in total. The number of likely N-dealkylation sites (N-methyl/N-ethyl adjacent to an activating group) is 1. The molecule has 0 fully saturated rings. The van der Waals surface area contributed by atoms with E-state index < -0.39 is 5.97 Å². The van der Waals surface area contributed by atoms with Gasteiger partial charge < -0.3 is 18.9 Å². The molecule has 0 atom stereocenters. The van der Waals surface area contributed by atoms with E-state index in [0.29, 0.717) is 12.1 Å². The predicted octanol–water partition coefficient (Wildman–Crippen LogP) is 3.30. The molecule has 0 saturated heterocycles. The summed E-state index contributed by atoms with van der Waals surface area (Å²) < 4.78 is 12.2. The van der Waals surface area contributed by atoms with Crippen LogP contribution in [-0.2, 0) is 16.1 Å². The first-order valence-electron chi connectivity index (χ1n) is 8.84. The van der Waals surface area contributed by atoms with Crippen LogP contribution in [-0.4, -0.2) is 42.1 Å². The molecule has 0 aliphatic heterocycles. The number of aromatic nitrogens is 1. The van der Waals surface area contributed by atoms with Crippen LogP contribution in [0.15, 0.2) is 73.1 Å². The maximum absolute atomic E-state index is 12.3. The minimum atomic E-state index is -0.528. The first kappa shape index (κ1) is 19.2. The van der Waals surface area contributed by atoms with Crippen LogP contribution in [0.25, 0.3) is 5.69 Å². The summed E-state index contributed by atoms with van der Waals surface area (Å²) in [5.74, 6) is -0.0419. The van der Waals surface area contributed by atoms with Gasteiger partial charge in [-0.05, 0) is 48.0 Å². The number of carbonyl (C=O) groups excluding carboxylic acids is 2. The van der Waals surface area contributed by atoms with Gasteiger partial charge in [0.2, 0.25) is 0 Å². The van der Waals surface area contributed by atoms with Gasteiger partial charge in [0.25, 0.3) is 5.91 Å². The van der Waals surface area contributed by atoms with Crippen molar-refractivity contribution in [1.29, 1.82) is 0 Å². The van der Waals surface area contributed by atoms with Gasteiger partial charge >= 0.3 is 5.97 Å². The molecule has 0 aliphatic carbocycles. The third-order valence-electron chi connectivity index (χ3n) is 4.32. The van der Waals surface area contributed by atoms with Crippen molar-refractivity contribution in [2.45, 2.75) is 6.54 Å². The first-order chi connectivity index (χ1) is 13.6. The van der Waals surface area contributed by atoms with Crippen LogP contribution in [0.5, 0.6) is 5.75 Å². The van der Waals surface area contributed by atoms with Gasteiger partial charge in [0.05, 0.1) is 12.7 Å².